The molecule has 0 aliphatic rings. The van der Waals surface area contributed by atoms with E-state index in [2.05, 4.69) is 32.7 Å². The molecule has 3 rings (SSSR count). The summed E-state index contributed by atoms with van der Waals surface area (Å²) in [5.41, 5.74) is 0.779. The summed E-state index contributed by atoms with van der Waals surface area (Å²) in [6.45, 7) is 15.1. The predicted molar refractivity (Wildman–Crippen MR) is 147 cm³/mol. The molecule has 0 spiro atoms. The van der Waals surface area contributed by atoms with E-state index in [9.17, 15) is 14.0 Å². The molecule has 7 heteroatoms. The quantitative estimate of drug-likeness (QED) is 0.211. The van der Waals surface area contributed by atoms with Gasteiger partial charge in [-0.25, -0.2) is 4.39 Å². The Morgan fingerprint density at radius 3 is 1.54 bits per heavy atom. The normalized spacial score (nSPS) is 12.5. The number of carbonyl (C=O) groups excluding carboxylic acids is 2. The summed E-state index contributed by atoms with van der Waals surface area (Å²) >= 11 is 1.56. The molecule has 35 heavy (non-hydrogen) atoms. The highest BCUT2D eigenvalue weighted by atomic mass is 32.2. The van der Waals surface area contributed by atoms with Gasteiger partial charge in [0.05, 0.1) is 7.59 Å². The number of hydrogen-bond acceptors (Lipinski definition) is 4. The Morgan fingerprint density at radius 2 is 1.11 bits per heavy atom. The molecule has 0 saturated carbocycles. The highest BCUT2D eigenvalue weighted by molar-refractivity contribution is 7.99. The van der Waals surface area contributed by atoms with Crippen molar-refractivity contribution in [2.45, 2.75) is 62.0 Å². The van der Waals surface area contributed by atoms with Gasteiger partial charge in [-0.05, 0) is 87.6 Å². The van der Waals surface area contributed by atoms with Crippen LogP contribution in [0.1, 0.15) is 40.1 Å². The molecule has 0 aliphatic heterocycles. The maximum atomic E-state index is 13.2. The Balaban J connectivity index is 1.67. The van der Waals surface area contributed by atoms with Crippen LogP contribution < -0.4 is 0 Å². The second kappa shape index (κ2) is 10.3. The number of carbonyl (C=O) groups is 2. The van der Waals surface area contributed by atoms with Crippen LogP contribution in [-0.4, -0.2) is 32.6 Å². The lowest BCUT2D eigenvalue weighted by molar-refractivity contribution is 0.0568. The molecule has 0 bridgehead atoms. The zero-order chi connectivity index (χ0) is 26.0. The topological polar surface area (TPSA) is 43.4 Å². The molecule has 0 atom stereocenters. The first-order valence-corrected chi connectivity index (χ1v) is 19.9. The Morgan fingerprint density at radius 1 is 0.714 bits per heavy atom. The third kappa shape index (κ3) is 6.67. The van der Waals surface area contributed by atoms with E-state index in [4.69, 9.17) is 4.43 Å². The SMILES string of the molecule is CC(C)(O[Si](C)(C)[Si](C)(C)C)C(=O)c1ccc(Sc2ccc(C(=O)c3ccc(F)cc3)cc2)cc1. The molecule has 0 radical (unpaired) electrons. The number of halogens is 1. The minimum atomic E-state index is -1.96. The Labute approximate surface area is 214 Å². The summed E-state index contributed by atoms with van der Waals surface area (Å²) < 4.78 is 19.6. The van der Waals surface area contributed by atoms with Gasteiger partial charge in [-0.2, -0.15) is 0 Å². The molecule has 3 aromatic rings. The summed E-state index contributed by atoms with van der Waals surface area (Å²) in [5, 5.41) is 0. The minimum absolute atomic E-state index is 0.00321. The van der Waals surface area contributed by atoms with Crippen molar-refractivity contribution in [3.8, 4) is 0 Å². The van der Waals surface area contributed by atoms with Gasteiger partial charge in [0.1, 0.15) is 11.4 Å². The molecule has 0 fully saturated rings. The average Bonchev–Trinajstić information content (AvgIpc) is 2.78. The van der Waals surface area contributed by atoms with E-state index in [1.54, 1.807) is 23.9 Å². The summed E-state index contributed by atoms with van der Waals surface area (Å²) in [5.74, 6) is -0.513. The lowest BCUT2D eigenvalue weighted by Gasteiger charge is -2.41. The van der Waals surface area contributed by atoms with E-state index in [0.717, 1.165) is 9.79 Å². The standard InChI is InChI=1S/C28H33FO3SSi2/c1-28(2,32-35(6,7)34(3,4)5)27(31)22-12-18-25(19-13-22)33-24-16-10-21(11-17-24)26(30)20-8-14-23(29)15-9-20/h8-19H,1-7H3. The molecule has 0 aromatic heterocycles. The van der Waals surface area contributed by atoms with Gasteiger partial charge in [-0.1, -0.05) is 43.5 Å². The van der Waals surface area contributed by atoms with Crippen LogP contribution in [0.25, 0.3) is 0 Å². The van der Waals surface area contributed by atoms with Gasteiger partial charge in [0.2, 0.25) is 0 Å². The smallest absolute Gasteiger partial charge is 0.193 e. The van der Waals surface area contributed by atoms with Crippen molar-refractivity contribution in [1.82, 2.24) is 0 Å². The van der Waals surface area contributed by atoms with Crippen LogP contribution in [0.5, 0.6) is 0 Å². The first-order valence-electron chi connectivity index (χ1n) is 11.6. The van der Waals surface area contributed by atoms with Gasteiger partial charge in [0.25, 0.3) is 0 Å². The fraction of sp³-hybridized carbons (Fsp3) is 0.286. The van der Waals surface area contributed by atoms with Crippen molar-refractivity contribution < 1.29 is 18.4 Å². The molecule has 3 nitrogen and oxygen atoms in total. The average molecular weight is 525 g/mol. The van der Waals surface area contributed by atoms with Crippen LogP contribution in [-0.2, 0) is 4.43 Å². The second-order valence-electron chi connectivity index (χ2n) is 10.7. The van der Waals surface area contributed by atoms with Crippen molar-refractivity contribution in [3.05, 3.63) is 95.3 Å². The van der Waals surface area contributed by atoms with Crippen LogP contribution in [0.4, 0.5) is 4.39 Å². The Hall–Kier alpha value is -2.33. The lowest BCUT2D eigenvalue weighted by Crippen LogP contribution is -2.59. The van der Waals surface area contributed by atoms with Gasteiger partial charge in [-0.3, -0.25) is 9.59 Å². The van der Waals surface area contributed by atoms with E-state index in [0.29, 0.717) is 16.7 Å². The van der Waals surface area contributed by atoms with Crippen LogP contribution in [0.3, 0.4) is 0 Å². The molecule has 0 amide bonds. The van der Waals surface area contributed by atoms with Crippen LogP contribution in [0, 0.1) is 5.82 Å². The van der Waals surface area contributed by atoms with Gasteiger partial charge >= 0.3 is 0 Å². The zero-order valence-electron chi connectivity index (χ0n) is 21.4. The fourth-order valence-electron chi connectivity index (χ4n) is 3.44. The zero-order valence-corrected chi connectivity index (χ0v) is 24.3. The second-order valence-corrected chi connectivity index (χ2v) is 27.7. The van der Waals surface area contributed by atoms with Crippen molar-refractivity contribution in [2.75, 3.05) is 0 Å². The number of hydrogen-bond donors (Lipinski definition) is 0. The van der Waals surface area contributed by atoms with Crippen LogP contribution in [0.2, 0.25) is 32.7 Å². The number of Topliss-reactive ketones (excluding diaryl/α,β-unsaturated/α-hetero) is 1. The minimum Gasteiger partial charge on any atom is -0.408 e. The first kappa shape index (κ1) is 27.3. The number of rotatable bonds is 9. The van der Waals surface area contributed by atoms with Gasteiger partial charge in [-0.15, -0.1) is 0 Å². The number of benzene rings is 3. The van der Waals surface area contributed by atoms with Gasteiger partial charge < -0.3 is 4.43 Å². The maximum absolute atomic E-state index is 13.2. The van der Waals surface area contributed by atoms with Crippen LogP contribution in [0.15, 0.2) is 82.6 Å². The summed E-state index contributed by atoms with van der Waals surface area (Å²) in [6, 6.07) is 20.5. The van der Waals surface area contributed by atoms with E-state index in [-0.39, 0.29) is 17.4 Å². The molecule has 0 heterocycles. The molecule has 184 valence electrons. The third-order valence-electron chi connectivity index (χ3n) is 6.44. The first-order chi connectivity index (χ1) is 16.2. The largest absolute Gasteiger partial charge is 0.408 e. The molecule has 0 saturated heterocycles. The molecular formula is C28H33FO3SSi2. The maximum Gasteiger partial charge on any atom is 0.193 e. The highest BCUT2D eigenvalue weighted by Gasteiger charge is 2.45. The van der Waals surface area contributed by atoms with Crippen molar-refractivity contribution in [3.63, 3.8) is 0 Å². The molecule has 3 aromatic carbocycles. The molecule has 0 N–H and O–H groups in total. The Kier molecular flexibility index (Phi) is 8.06. The van der Waals surface area contributed by atoms with Crippen molar-refractivity contribution >= 4 is 38.8 Å². The summed E-state index contributed by atoms with van der Waals surface area (Å²) in [6.07, 6.45) is 0. The van der Waals surface area contributed by atoms with Crippen molar-refractivity contribution in [2.24, 2.45) is 0 Å². The Bertz CT molecular complexity index is 1200. The third-order valence-corrected chi connectivity index (χ3v) is 23.2. The predicted octanol–water partition coefficient (Wildman–Crippen LogP) is 7.81. The highest BCUT2D eigenvalue weighted by Crippen LogP contribution is 2.31. The molecular weight excluding hydrogens is 492 g/mol. The van der Waals surface area contributed by atoms with E-state index < -0.39 is 21.0 Å². The summed E-state index contributed by atoms with van der Waals surface area (Å²) in [7, 11) is -3.46. The monoisotopic (exact) mass is 524 g/mol. The van der Waals surface area contributed by atoms with Gasteiger partial charge in [0.15, 0.2) is 19.4 Å². The van der Waals surface area contributed by atoms with E-state index in [1.165, 1.54) is 24.3 Å². The lowest BCUT2D eigenvalue weighted by atomic mass is 9.97. The number of ketones is 2. The summed E-state index contributed by atoms with van der Waals surface area (Å²) in [4.78, 5) is 27.8. The van der Waals surface area contributed by atoms with Crippen molar-refractivity contribution in [1.29, 1.82) is 0 Å². The van der Waals surface area contributed by atoms with E-state index in [1.807, 2.05) is 50.2 Å². The molecule has 0 aliphatic carbocycles. The molecule has 0 unspecified atom stereocenters. The van der Waals surface area contributed by atoms with Gasteiger partial charge in [0, 0.05) is 26.5 Å². The van der Waals surface area contributed by atoms with E-state index >= 15 is 0 Å². The van der Waals surface area contributed by atoms with Crippen LogP contribution >= 0.6 is 11.8 Å². The fourth-order valence-corrected chi connectivity index (χ4v) is 7.61.